The Morgan fingerprint density at radius 1 is 1.22 bits per heavy atom. The van der Waals surface area contributed by atoms with Gasteiger partial charge in [0.2, 0.25) is 0 Å². The first-order valence-electron chi connectivity index (χ1n) is 5.58. The average molecular weight is 259 g/mol. The van der Waals surface area contributed by atoms with Crippen LogP contribution in [0.1, 0.15) is 27.0 Å². The number of benzene rings is 1. The van der Waals surface area contributed by atoms with Gasteiger partial charge in [0.15, 0.2) is 11.6 Å². The molecule has 0 atom stereocenters. The number of anilines is 1. The van der Waals surface area contributed by atoms with Gasteiger partial charge in [0.05, 0.1) is 11.4 Å². The molecule has 0 amide bonds. The standard InChI is InChI=1S/C14H13NO2S/c1-10(16)11-4-2-5-12(8-11)15-9-13(17)14-6-3-7-18-14/h2-8,15H,9H2,1H3. The summed E-state index contributed by atoms with van der Waals surface area (Å²) in [5.41, 5.74) is 1.43. The first-order valence-corrected chi connectivity index (χ1v) is 6.46. The second kappa shape index (κ2) is 5.60. The SMILES string of the molecule is CC(=O)c1cccc(NCC(=O)c2cccs2)c1. The van der Waals surface area contributed by atoms with Crippen molar-refractivity contribution in [2.24, 2.45) is 0 Å². The third-order valence-corrected chi connectivity index (χ3v) is 3.43. The molecule has 4 heteroatoms. The van der Waals surface area contributed by atoms with Gasteiger partial charge in [0, 0.05) is 11.3 Å². The number of ketones is 2. The highest BCUT2D eigenvalue weighted by Gasteiger charge is 2.06. The number of nitrogens with one attached hydrogen (secondary N) is 1. The van der Waals surface area contributed by atoms with Gasteiger partial charge >= 0.3 is 0 Å². The topological polar surface area (TPSA) is 46.2 Å². The Balaban J connectivity index is 2.00. The summed E-state index contributed by atoms with van der Waals surface area (Å²) in [6.07, 6.45) is 0. The Morgan fingerprint density at radius 2 is 2.06 bits per heavy atom. The minimum Gasteiger partial charge on any atom is -0.378 e. The minimum atomic E-state index is 0.0169. The number of thiophene rings is 1. The molecule has 2 aromatic rings. The van der Waals surface area contributed by atoms with Crippen molar-refractivity contribution in [2.75, 3.05) is 11.9 Å². The molecule has 0 spiro atoms. The Labute approximate surface area is 109 Å². The van der Waals surface area contributed by atoms with Gasteiger partial charge in [0.1, 0.15) is 0 Å². The van der Waals surface area contributed by atoms with Crippen molar-refractivity contribution in [3.05, 3.63) is 52.2 Å². The quantitative estimate of drug-likeness (QED) is 0.838. The maximum Gasteiger partial charge on any atom is 0.191 e. The van der Waals surface area contributed by atoms with Crippen LogP contribution in [0.3, 0.4) is 0 Å². The first kappa shape index (κ1) is 12.5. The molecular formula is C14H13NO2S. The molecule has 0 saturated heterocycles. The van der Waals surface area contributed by atoms with Crippen molar-refractivity contribution in [2.45, 2.75) is 6.92 Å². The summed E-state index contributed by atoms with van der Waals surface area (Å²) >= 11 is 1.43. The molecule has 0 aliphatic rings. The number of Topliss-reactive ketones (excluding diaryl/α,β-unsaturated/α-hetero) is 2. The summed E-state index contributed by atoms with van der Waals surface area (Å²) in [5.74, 6) is 0.0708. The molecule has 1 aromatic heterocycles. The molecule has 0 fully saturated rings. The Hall–Kier alpha value is -1.94. The van der Waals surface area contributed by atoms with Gasteiger partial charge in [0.25, 0.3) is 0 Å². The smallest absolute Gasteiger partial charge is 0.191 e. The Bertz CT molecular complexity index is 561. The van der Waals surface area contributed by atoms with Crippen molar-refractivity contribution < 1.29 is 9.59 Å². The third kappa shape index (κ3) is 3.05. The fraction of sp³-hybridized carbons (Fsp3) is 0.143. The van der Waals surface area contributed by atoms with E-state index in [0.717, 1.165) is 10.6 Å². The van der Waals surface area contributed by atoms with Gasteiger partial charge in [-0.3, -0.25) is 9.59 Å². The first-order chi connectivity index (χ1) is 8.66. The number of hydrogen-bond donors (Lipinski definition) is 1. The van der Waals surface area contributed by atoms with Crippen LogP contribution in [0.15, 0.2) is 41.8 Å². The van der Waals surface area contributed by atoms with Gasteiger partial charge in [-0.05, 0) is 30.5 Å². The van der Waals surface area contributed by atoms with E-state index in [1.807, 2.05) is 17.5 Å². The summed E-state index contributed by atoms with van der Waals surface area (Å²) in [7, 11) is 0. The lowest BCUT2D eigenvalue weighted by Gasteiger charge is -2.05. The fourth-order valence-electron chi connectivity index (χ4n) is 1.55. The van der Waals surface area contributed by atoms with Crippen LogP contribution in [0.4, 0.5) is 5.69 Å². The second-order valence-electron chi connectivity index (χ2n) is 3.89. The molecule has 3 nitrogen and oxygen atoms in total. The summed E-state index contributed by atoms with van der Waals surface area (Å²) in [5, 5.41) is 4.91. The van der Waals surface area contributed by atoms with Crippen LogP contribution in [0.25, 0.3) is 0 Å². The maximum absolute atomic E-state index is 11.8. The highest BCUT2D eigenvalue weighted by Crippen LogP contribution is 2.13. The zero-order valence-corrected chi connectivity index (χ0v) is 10.8. The van der Waals surface area contributed by atoms with E-state index >= 15 is 0 Å². The van der Waals surface area contributed by atoms with Crippen LogP contribution in [0.5, 0.6) is 0 Å². The van der Waals surface area contributed by atoms with Crippen molar-refractivity contribution in [3.8, 4) is 0 Å². The summed E-state index contributed by atoms with van der Waals surface area (Å²) in [6.45, 7) is 1.76. The van der Waals surface area contributed by atoms with Crippen LogP contribution in [0, 0.1) is 0 Å². The van der Waals surface area contributed by atoms with E-state index in [0.29, 0.717) is 5.56 Å². The van der Waals surface area contributed by atoms with Crippen LogP contribution in [-0.2, 0) is 0 Å². The van der Waals surface area contributed by atoms with E-state index in [2.05, 4.69) is 5.32 Å². The highest BCUT2D eigenvalue weighted by atomic mass is 32.1. The Kier molecular flexibility index (Phi) is 3.89. The number of carbonyl (C=O) groups excluding carboxylic acids is 2. The van der Waals surface area contributed by atoms with E-state index in [4.69, 9.17) is 0 Å². The zero-order valence-electron chi connectivity index (χ0n) is 9.97. The third-order valence-electron chi connectivity index (χ3n) is 2.52. The summed E-state index contributed by atoms with van der Waals surface area (Å²) in [4.78, 5) is 23.7. The van der Waals surface area contributed by atoms with E-state index in [-0.39, 0.29) is 18.1 Å². The maximum atomic E-state index is 11.8. The average Bonchev–Trinajstić information content (AvgIpc) is 2.90. The molecular weight excluding hydrogens is 246 g/mol. The Morgan fingerprint density at radius 3 is 2.72 bits per heavy atom. The predicted molar refractivity (Wildman–Crippen MR) is 73.6 cm³/mol. The van der Waals surface area contributed by atoms with Gasteiger partial charge in [-0.25, -0.2) is 0 Å². The van der Waals surface area contributed by atoms with Crippen LogP contribution in [0.2, 0.25) is 0 Å². The lowest BCUT2D eigenvalue weighted by Crippen LogP contribution is -2.12. The molecule has 18 heavy (non-hydrogen) atoms. The molecule has 0 aliphatic carbocycles. The second-order valence-corrected chi connectivity index (χ2v) is 4.84. The number of carbonyl (C=O) groups is 2. The van der Waals surface area contributed by atoms with Crippen molar-refractivity contribution in [1.82, 2.24) is 0 Å². The fourth-order valence-corrected chi connectivity index (χ4v) is 2.22. The molecule has 0 unspecified atom stereocenters. The van der Waals surface area contributed by atoms with Crippen LogP contribution < -0.4 is 5.32 Å². The van der Waals surface area contributed by atoms with Crippen molar-refractivity contribution in [1.29, 1.82) is 0 Å². The highest BCUT2D eigenvalue weighted by molar-refractivity contribution is 7.12. The number of rotatable bonds is 5. The van der Waals surface area contributed by atoms with Gasteiger partial charge < -0.3 is 5.32 Å². The molecule has 0 bridgehead atoms. The van der Waals surface area contributed by atoms with Crippen molar-refractivity contribution >= 4 is 28.6 Å². The predicted octanol–water partition coefficient (Wildman–Crippen LogP) is 3.25. The molecule has 1 N–H and O–H groups in total. The lowest BCUT2D eigenvalue weighted by atomic mass is 10.1. The van der Waals surface area contributed by atoms with E-state index in [1.54, 1.807) is 24.3 Å². The van der Waals surface area contributed by atoms with Gasteiger partial charge in [-0.1, -0.05) is 18.2 Å². The molecule has 92 valence electrons. The number of hydrogen-bond acceptors (Lipinski definition) is 4. The van der Waals surface area contributed by atoms with Crippen LogP contribution >= 0.6 is 11.3 Å². The van der Waals surface area contributed by atoms with Gasteiger partial charge in [-0.2, -0.15) is 0 Å². The zero-order chi connectivity index (χ0) is 13.0. The normalized spacial score (nSPS) is 10.1. The summed E-state index contributed by atoms with van der Waals surface area (Å²) in [6, 6.07) is 10.8. The molecule has 0 aliphatic heterocycles. The van der Waals surface area contributed by atoms with Gasteiger partial charge in [-0.15, -0.1) is 11.3 Å². The van der Waals surface area contributed by atoms with Crippen LogP contribution in [-0.4, -0.2) is 18.1 Å². The summed E-state index contributed by atoms with van der Waals surface area (Å²) < 4.78 is 0. The molecule has 0 saturated carbocycles. The van der Waals surface area contributed by atoms with E-state index in [1.165, 1.54) is 18.3 Å². The molecule has 0 radical (unpaired) electrons. The molecule has 1 aromatic carbocycles. The van der Waals surface area contributed by atoms with E-state index in [9.17, 15) is 9.59 Å². The van der Waals surface area contributed by atoms with E-state index < -0.39 is 0 Å². The largest absolute Gasteiger partial charge is 0.378 e. The monoisotopic (exact) mass is 259 g/mol. The lowest BCUT2D eigenvalue weighted by molar-refractivity contribution is 0.100. The minimum absolute atomic E-state index is 0.0169. The molecule has 1 heterocycles. The van der Waals surface area contributed by atoms with Crippen molar-refractivity contribution in [3.63, 3.8) is 0 Å². The molecule has 2 rings (SSSR count).